The predicted octanol–water partition coefficient (Wildman–Crippen LogP) is -2.44. The summed E-state index contributed by atoms with van der Waals surface area (Å²) in [5.74, 6) is 0. The van der Waals surface area contributed by atoms with Gasteiger partial charge in [-0.15, -0.1) is 4.67 Å². The van der Waals surface area contributed by atoms with Gasteiger partial charge in [0.2, 0.25) is 0 Å². The Hall–Kier alpha value is 0.666. The summed E-state index contributed by atoms with van der Waals surface area (Å²) in [4.78, 5) is 14.9. The molecule has 0 aromatic rings. The van der Waals surface area contributed by atoms with Gasteiger partial charge in [-0.05, 0) is 0 Å². The summed E-state index contributed by atoms with van der Waals surface area (Å²) in [5, 5.41) is 7.14. The van der Waals surface area contributed by atoms with E-state index in [1.165, 1.54) is 0 Å². The number of hydrogen-bond acceptors (Lipinski definition) is 3. The molecule has 6 nitrogen and oxygen atoms in total. The molecule has 0 aliphatic heterocycles. The zero-order valence-corrected chi connectivity index (χ0v) is 4.00. The first-order valence-electron chi connectivity index (χ1n) is 0.948. The summed E-state index contributed by atoms with van der Waals surface area (Å²) in [6.07, 6.45) is 0. The molecule has 0 aromatic carbocycles. The molecule has 0 saturated heterocycles. The first-order chi connectivity index (χ1) is 2.56. The molecule has 52 valence electrons. The quantitative estimate of drug-likeness (QED) is 0.190. The van der Waals surface area contributed by atoms with Crippen LogP contribution in [0.15, 0.2) is 0 Å². The van der Waals surface area contributed by atoms with Crippen molar-refractivity contribution in [2.75, 3.05) is 0 Å². The van der Waals surface area contributed by atoms with Crippen LogP contribution in [0.4, 0.5) is 0 Å². The van der Waals surface area contributed by atoms with E-state index in [0.29, 0.717) is 0 Å². The summed E-state index contributed by atoms with van der Waals surface area (Å²) in [6, 6.07) is 0. The van der Waals surface area contributed by atoms with E-state index >= 15 is 0 Å². The molecule has 0 bridgehead atoms. The van der Waals surface area contributed by atoms with Crippen molar-refractivity contribution in [1.82, 2.24) is 0 Å². The Morgan fingerprint density at radius 2 is 1.50 bits per heavy atom. The second-order valence-corrected chi connectivity index (χ2v) is 1.72. The molecule has 0 fully saturated rings. The molecule has 0 saturated carbocycles. The van der Waals surface area contributed by atoms with Crippen molar-refractivity contribution in [2.45, 2.75) is 0 Å². The van der Waals surface area contributed by atoms with Crippen molar-refractivity contribution in [1.29, 1.82) is 0 Å². The van der Waals surface area contributed by atoms with E-state index in [1.807, 2.05) is 0 Å². The van der Waals surface area contributed by atoms with Gasteiger partial charge in [-0.3, -0.25) is 0 Å². The van der Waals surface area contributed by atoms with Crippen molar-refractivity contribution in [3.63, 3.8) is 0 Å². The molecule has 0 aromatic heterocycles. The third-order valence-corrected chi connectivity index (χ3v) is 0.319. The molecule has 0 amide bonds. The summed E-state index contributed by atoms with van der Waals surface area (Å²) in [5.41, 5.74) is 0. The van der Waals surface area contributed by atoms with Crippen LogP contribution in [0.3, 0.4) is 0 Å². The van der Waals surface area contributed by atoms with Gasteiger partial charge < -0.3 is 15.3 Å². The number of phosphoric acid groups is 1. The van der Waals surface area contributed by atoms with Crippen LogP contribution in [0.2, 0.25) is 0 Å². The van der Waals surface area contributed by atoms with Gasteiger partial charge in [-0.2, -0.15) is 0 Å². The Bertz CT molecular complexity index is 72.6. The number of rotatable bonds is 1. The monoisotopic (exact) mass is 204 g/mol. The van der Waals surface area contributed by atoms with E-state index in [1.54, 1.807) is 0 Å². The van der Waals surface area contributed by atoms with Gasteiger partial charge in [0, 0.05) is 0 Å². The van der Waals surface area contributed by atoms with E-state index in [9.17, 15) is 4.57 Å². The van der Waals surface area contributed by atoms with Crippen LogP contribution >= 0.6 is 7.82 Å². The molecular formula is H8GaO6P. The molecule has 0 aliphatic carbocycles. The van der Waals surface area contributed by atoms with Crippen LogP contribution in [-0.4, -0.2) is 40.3 Å². The normalized spacial score (nSPS) is 8.88. The molecule has 0 unspecified atom stereocenters. The van der Waals surface area contributed by atoms with Crippen molar-refractivity contribution >= 4 is 27.6 Å². The SMILES string of the molecule is O.O=P(O)(O)OO.[GaH3]. The zero-order valence-electron chi connectivity index (χ0n) is 3.11. The van der Waals surface area contributed by atoms with Crippen molar-refractivity contribution < 1.29 is 29.8 Å². The second-order valence-electron chi connectivity index (χ2n) is 0.572. The maximum atomic E-state index is 9.22. The fraction of sp³-hybridized carbons (Fsp3) is 0. The third-order valence-electron chi connectivity index (χ3n) is 0.106. The van der Waals surface area contributed by atoms with Crippen molar-refractivity contribution in [3.05, 3.63) is 0 Å². The average molecular weight is 205 g/mol. The van der Waals surface area contributed by atoms with Crippen LogP contribution in [-0.2, 0) is 9.24 Å². The molecule has 0 heterocycles. The maximum absolute atomic E-state index is 9.22. The molecule has 0 aliphatic rings. The molecule has 0 atom stereocenters. The molecule has 5 N–H and O–H groups in total. The third kappa shape index (κ3) is 15.9. The van der Waals surface area contributed by atoms with Gasteiger partial charge in [0.15, 0.2) is 0 Å². The first kappa shape index (κ1) is 15.9. The number of hydrogen-bond donors (Lipinski definition) is 3. The van der Waals surface area contributed by atoms with E-state index in [4.69, 9.17) is 15.0 Å². The van der Waals surface area contributed by atoms with Crippen molar-refractivity contribution in [3.8, 4) is 0 Å². The second kappa shape index (κ2) is 5.80. The summed E-state index contributed by atoms with van der Waals surface area (Å²) >= 11 is 0. The first-order valence-corrected chi connectivity index (χ1v) is 2.48. The Balaban J connectivity index is -0.000000125. The fourth-order valence-electron chi connectivity index (χ4n) is 0. The summed E-state index contributed by atoms with van der Waals surface area (Å²) in [7, 11) is -4.59. The minimum atomic E-state index is -4.59. The fourth-order valence-corrected chi connectivity index (χ4v) is 0. The minimum absolute atomic E-state index is 0. The van der Waals surface area contributed by atoms with Crippen LogP contribution < -0.4 is 0 Å². The Morgan fingerprint density at radius 1 is 1.38 bits per heavy atom. The van der Waals surface area contributed by atoms with E-state index < -0.39 is 7.82 Å². The Morgan fingerprint density at radius 3 is 1.50 bits per heavy atom. The van der Waals surface area contributed by atoms with Gasteiger partial charge in [-0.25, -0.2) is 9.82 Å². The van der Waals surface area contributed by atoms with Crippen LogP contribution in [0.1, 0.15) is 0 Å². The van der Waals surface area contributed by atoms with Gasteiger partial charge in [0.25, 0.3) is 0 Å². The molecule has 0 spiro atoms. The van der Waals surface area contributed by atoms with Gasteiger partial charge in [0.05, 0.1) is 0 Å². The average Bonchev–Trinajstić information content (AvgIpc) is 1.35. The van der Waals surface area contributed by atoms with Gasteiger partial charge >= 0.3 is 27.6 Å². The molecule has 0 rings (SSSR count). The topological polar surface area (TPSA) is 118 Å². The van der Waals surface area contributed by atoms with Crippen molar-refractivity contribution in [2.24, 2.45) is 0 Å². The summed E-state index contributed by atoms with van der Waals surface area (Å²) < 4.78 is 11.8. The Kier molecular flexibility index (Phi) is 11.5. The van der Waals surface area contributed by atoms with E-state index in [-0.39, 0.29) is 25.3 Å². The van der Waals surface area contributed by atoms with E-state index in [0.717, 1.165) is 0 Å². The predicted molar refractivity (Wildman–Crippen MR) is 29.3 cm³/mol. The molecule has 8 heteroatoms. The standard InChI is InChI=1S/Ga.H3O5P.H2O.3H/c;1-5-6(2,3)4;;;;/h;1H,(H2,2,3,4);1H2;;;. The zero-order chi connectivity index (χ0) is 5.21. The molecule has 0 radical (unpaired) electrons. The van der Waals surface area contributed by atoms with Crippen LogP contribution in [0.5, 0.6) is 0 Å². The van der Waals surface area contributed by atoms with Gasteiger partial charge in [0.1, 0.15) is 0 Å². The van der Waals surface area contributed by atoms with Crippen LogP contribution in [0.25, 0.3) is 0 Å². The van der Waals surface area contributed by atoms with Gasteiger partial charge in [-0.1, -0.05) is 0 Å². The van der Waals surface area contributed by atoms with Crippen LogP contribution in [0, 0.1) is 0 Å². The molecular weight excluding hydrogens is 197 g/mol. The van der Waals surface area contributed by atoms with E-state index in [2.05, 4.69) is 4.67 Å². The summed E-state index contributed by atoms with van der Waals surface area (Å²) in [6.45, 7) is 0. The Labute approximate surface area is 58.0 Å². The molecule has 8 heavy (non-hydrogen) atoms.